The molecule has 1 atom stereocenters. The third-order valence-electron chi connectivity index (χ3n) is 4.16. The van der Waals surface area contributed by atoms with Gasteiger partial charge in [-0.15, -0.1) is 0 Å². The Balaban J connectivity index is 1.68. The number of aryl methyl sites for hydroxylation is 3. The van der Waals surface area contributed by atoms with E-state index in [-0.39, 0.29) is 30.0 Å². The summed E-state index contributed by atoms with van der Waals surface area (Å²) in [5.74, 6) is 0.463. The number of hydrogen-bond donors (Lipinski definition) is 1. The second kappa shape index (κ2) is 6.47. The van der Waals surface area contributed by atoms with Crippen molar-refractivity contribution in [2.75, 3.05) is 11.4 Å². The lowest BCUT2D eigenvalue weighted by atomic mass is 10.2. The predicted octanol–water partition coefficient (Wildman–Crippen LogP) is 2.39. The maximum atomic E-state index is 12.4. The number of anilines is 1. The van der Waals surface area contributed by atoms with E-state index in [9.17, 15) is 9.59 Å². The van der Waals surface area contributed by atoms with Crippen LogP contribution < -0.4 is 10.2 Å². The molecule has 6 nitrogen and oxygen atoms in total. The first-order chi connectivity index (χ1) is 11.5. The molecule has 1 N–H and O–H groups in total. The summed E-state index contributed by atoms with van der Waals surface area (Å²) in [5, 5.41) is 2.88. The molecule has 6 heteroatoms. The van der Waals surface area contributed by atoms with Crippen LogP contribution in [0.3, 0.4) is 0 Å². The number of carbonyl (C=O) groups excluding carboxylic acids is 2. The van der Waals surface area contributed by atoms with Crippen LogP contribution >= 0.6 is 0 Å². The molecular formula is C18H21N3O3. The molecule has 0 spiro atoms. The number of benzene rings is 1. The lowest BCUT2D eigenvalue weighted by Gasteiger charge is -2.17. The van der Waals surface area contributed by atoms with Crippen LogP contribution in [0.2, 0.25) is 0 Å². The Morgan fingerprint density at radius 1 is 1.33 bits per heavy atom. The van der Waals surface area contributed by atoms with Gasteiger partial charge in [-0.3, -0.25) is 9.59 Å². The lowest BCUT2D eigenvalue weighted by Crippen LogP contribution is -2.37. The van der Waals surface area contributed by atoms with Gasteiger partial charge in [-0.2, -0.15) is 0 Å². The summed E-state index contributed by atoms with van der Waals surface area (Å²) >= 11 is 0. The first-order valence-electron chi connectivity index (χ1n) is 8.12. The first-order valence-corrected chi connectivity index (χ1v) is 8.12. The van der Waals surface area contributed by atoms with Crippen molar-refractivity contribution in [3.05, 3.63) is 47.2 Å². The van der Waals surface area contributed by atoms with Gasteiger partial charge < -0.3 is 14.6 Å². The zero-order chi connectivity index (χ0) is 17.3. The Kier molecular flexibility index (Phi) is 4.38. The van der Waals surface area contributed by atoms with Gasteiger partial charge >= 0.3 is 0 Å². The zero-order valence-electron chi connectivity index (χ0n) is 14.1. The first kappa shape index (κ1) is 16.2. The van der Waals surface area contributed by atoms with Gasteiger partial charge in [0, 0.05) is 25.1 Å². The fourth-order valence-electron chi connectivity index (χ4n) is 2.84. The summed E-state index contributed by atoms with van der Waals surface area (Å²) in [6.45, 7) is 6.13. The van der Waals surface area contributed by atoms with Crippen molar-refractivity contribution in [2.24, 2.45) is 0 Å². The molecule has 126 valence electrons. The zero-order valence-corrected chi connectivity index (χ0v) is 14.1. The molecule has 2 heterocycles. The van der Waals surface area contributed by atoms with E-state index < -0.39 is 0 Å². The highest BCUT2D eigenvalue weighted by Gasteiger charge is 2.32. The molecule has 0 saturated carbocycles. The van der Waals surface area contributed by atoms with Gasteiger partial charge in [0.1, 0.15) is 0 Å². The summed E-state index contributed by atoms with van der Waals surface area (Å²) in [6.07, 6.45) is 0.921. The summed E-state index contributed by atoms with van der Waals surface area (Å²) in [7, 11) is 0. The van der Waals surface area contributed by atoms with E-state index in [1.54, 1.807) is 11.8 Å². The van der Waals surface area contributed by atoms with Crippen LogP contribution in [-0.4, -0.2) is 29.4 Å². The second-order valence-electron chi connectivity index (χ2n) is 6.09. The highest BCUT2D eigenvalue weighted by Crippen LogP contribution is 2.22. The van der Waals surface area contributed by atoms with Gasteiger partial charge in [0.05, 0.1) is 11.7 Å². The van der Waals surface area contributed by atoms with E-state index in [4.69, 9.17) is 4.42 Å². The molecule has 24 heavy (non-hydrogen) atoms. The van der Waals surface area contributed by atoms with Gasteiger partial charge in [-0.25, -0.2) is 4.98 Å². The van der Waals surface area contributed by atoms with Crippen molar-refractivity contribution in [3.63, 3.8) is 0 Å². The van der Waals surface area contributed by atoms with E-state index in [0.717, 1.165) is 11.3 Å². The Hall–Kier alpha value is -2.63. The predicted molar refractivity (Wildman–Crippen MR) is 90.0 cm³/mol. The topological polar surface area (TPSA) is 75.4 Å². The average molecular weight is 327 g/mol. The van der Waals surface area contributed by atoms with E-state index in [1.165, 1.54) is 0 Å². The van der Waals surface area contributed by atoms with Crippen molar-refractivity contribution >= 4 is 17.5 Å². The average Bonchev–Trinajstić information content (AvgIpc) is 3.11. The largest absolute Gasteiger partial charge is 0.435 e. The molecule has 0 aliphatic carbocycles. The Labute approximate surface area is 140 Å². The normalized spacial score (nSPS) is 17.4. The van der Waals surface area contributed by atoms with Gasteiger partial charge in [-0.05, 0) is 26.0 Å². The van der Waals surface area contributed by atoms with Crippen LogP contribution in [0.5, 0.6) is 0 Å². The minimum absolute atomic E-state index is 0.00712. The lowest BCUT2D eigenvalue weighted by molar-refractivity contribution is -0.117. The molecule has 2 aromatic rings. The summed E-state index contributed by atoms with van der Waals surface area (Å²) < 4.78 is 5.47. The van der Waals surface area contributed by atoms with Gasteiger partial charge in [0.2, 0.25) is 11.7 Å². The number of carbonyl (C=O) groups is 2. The number of hydrogen-bond acceptors (Lipinski definition) is 4. The second-order valence-corrected chi connectivity index (χ2v) is 6.09. The highest BCUT2D eigenvalue weighted by atomic mass is 16.4. The fourth-order valence-corrected chi connectivity index (χ4v) is 2.84. The standard InChI is InChI=1S/C18H21N3O3/c1-4-15-19-12(3)17(24-15)18(23)20-13-9-16(22)21(10-13)14-7-5-11(2)6-8-14/h5-8,13H,4,9-10H2,1-3H3,(H,20,23)/t13-/m1/s1. The van der Waals surface area contributed by atoms with Crippen molar-refractivity contribution in [2.45, 2.75) is 39.7 Å². The van der Waals surface area contributed by atoms with E-state index >= 15 is 0 Å². The third-order valence-corrected chi connectivity index (χ3v) is 4.16. The van der Waals surface area contributed by atoms with Crippen LogP contribution in [-0.2, 0) is 11.2 Å². The molecule has 2 amide bonds. The van der Waals surface area contributed by atoms with E-state index in [1.807, 2.05) is 38.1 Å². The maximum Gasteiger partial charge on any atom is 0.289 e. The van der Waals surface area contributed by atoms with Gasteiger partial charge in [0.15, 0.2) is 5.89 Å². The molecule has 3 rings (SSSR count). The molecule has 1 aromatic heterocycles. The minimum atomic E-state index is -0.316. The minimum Gasteiger partial charge on any atom is -0.435 e. The van der Waals surface area contributed by atoms with Crippen LogP contribution in [0.1, 0.15) is 41.0 Å². The molecule has 0 unspecified atom stereocenters. The Morgan fingerprint density at radius 2 is 2.04 bits per heavy atom. The third kappa shape index (κ3) is 3.18. The van der Waals surface area contributed by atoms with Crippen LogP contribution in [0.25, 0.3) is 0 Å². The molecule has 1 saturated heterocycles. The highest BCUT2D eigenvalue weighted by molar-refractivity contribution is 5.98. The summed E-state index contributed by atoms with van der Waals surface area (Å²) in [4.78, 5) is 30.5. The molecule has 1 fully saturated rings. The van der Waals surface area contributed by atoms with Crippen molar-refractivity contribution in [1.29, 1.82) is 0 Å². The van der Waals surface area contributed by atoms with E-state index in [2.05, 4.69) is 10.3 Å². The molecule has 0 radical (unpaired) electrons. The molecular weight excluding hydrogens is 306 g/mol. The van der Waals surface area contributed by atoms with Crippen LogP contribution in [0, 0.1) is 13.8 Å². The SMILES string of the molecule is CCc1nc(C)c(C(=O)N[C@@H]2CC(=O)N(c3ccc(C)cc3)C2)o1. The van der Waals surface area contributed by atoms with Crippen LogP contribution in [0.4, 0.5) is 5.69 Å². The van der Waals surface area contributed by atoms with Gasteiger partial charge in [0.25, 0.3) is 5.91 Å². The number of nitrogens with one attached hydrogen (secondary N) is 1. The number of nitrogens with zero attached hydrogens (tertiary/aromatic N) is 2. The number of oxazole rings is 1. The summed E-state index contributed by atoms with van der Waals surface area (Å²) in [5.41, 5.74) is 2.57. The fraction of sp³-hybridized carbons (Fsp3) is 0.389. The molecule has 0 bridgehead atoms. The number of aromatic nitrogens is 1. The summed E-state index contributed by atoms with van der Waals surface area (Å²) in [6, 6.07) is 7.55. The van der Waals surface area contributed by atoms with E-state index in [0.29, 0.717) is 24.6 Å². The Morgan fingerprint density at radius 3 is 2.67 bits per heavy atom. The Bertz CT molecular complexity index is 764. The molecule has 1 aromatic carbocycles. The quantitative estimate of drug-likeness (QED) is 0.935. The molecule has 1 aliphatic rings. The monoisotopic (exact) mass is 327 g/mol. The maximum absolute atomic E-state index is 12.4. The molecule has 1 aliphatic heterocycles. The van der Waals surface area contributed by atoms with Gasteiger partial charge in [-0.1, -0.05) is 24.6 Å². The number of amides is 2. The smallest absolute Gasteiger partial charge is 0.289 e. The van der Waals surface area contributed by atoms with Crippen molar-refractivity contribution < 1.29 is 14.0 Å². The van der Waals surface area contributed by atoms with Crippen LogP contribution in [0.15, 0.2) is 28.7 Å². The number of rotatable bonds is 4. The van der Waals surface area contributed by atoms with Crippen molar-refractivity contribution in [1.82, 2.24) is 10.3 Å². The van der Waals surface area contributed by atoms with Crippen molar-refractivity contribution in [3.8, 4) is 0 Å².